The van der Waals surface area contributed by atoms with Gasteiger partial charge >= 0.3 is 6.09 Å². The normalized spacial score (nSPS) is 19.4. The molecular formula is C12H23N3O3. The van der Waals surface area contributed by atoms with Gasteiger partial charge in [-0.15, -0.1) is 0 Å². The average molecular weight is 257 g/mol. The summed E-state index contributed by atoms with van der Waals surface area (Å²) in [6.45, 7) is 7.12. The Balaban J connectivity index is 2.31. The van der Waals surface area contributed by atoms with E-state index in [1.54, 1.807) is 27.8 Å². The number of rotatable bonds is 3. The van der Waals surface area contributed by atoms with Crippen LogP contribution in [-0.4, -0.2) is 55.2 Å². The molecule has 0 spiro atoms. The van der Waals surface area contributed by atoms with Crippen LogP contribution in [0.5, 0.6) is 0 Å². The zero-order chi connectivity index (χ0) is 13.8. The Morgan fingerprint density at radius 1 is 1.44 bits per heavy atom. The summed E-state index contributed by atoms with van der Waals surface area (Å²) in [6, 6.07) is 0.171. The number of amides is 2. The highest BCUT2D eigenvalue weighted by Gasteiger charge is 2.22. The van der Waals surface area contributed by atoms with E-state index in [0.717, 1.165) is 19.5 Å². The van der Waals surface area contributed by atoms with E-state index in [4.69, 9.17) is 4.74 Å². The van der Waals surface area contributed by atoms with E-state index in [1.807, 2.05) is 0 Å². The Morgan fingerprint density at radius 3 is 2.61 bits per heavy atom. The van der Waals surface area contributed by atoms with Gasteiger partial charge in [0.25, 0.3) is 0 Å². The second-order valence-electron chi connectivity index (χ2n) is 5.59. The van der Waals surface area contributed by atoms with Crippen LogP contribution < -0.4 is 10.6 Å². The first kappa shape index (κ1) is 14.8. The molecule has 0 aromatic carbocycles. The maximum absolute atomic E-state index is 11.7. The van der Waals surface area contributed by atoms with Crippen molar-refractivity contribution in [3.8, 4) is 0 Å². The summed E-state index contributed by atoms with van der Waals surface area (Å²) >= 11 is 0. The standard InChI is InChI=1S/C12H23N3O3/c1-12(2,3)18-11(17)15(4)8-10(16)14-9-5-6-13-7-9/h9,13H,5-8H2,1-4H3,(H,14,16)/t9-/m0/s1. The van der Waals surface area contributed by atoms with Crippen LogP contribution in [0, 0.1) is 0 Å². The van der Waals surface area contributed by atoms with Gasteiger partial charge in [0, 0.05) is 19.6 Å². The van der Waals surface area contributed by atoms with E-state index in [9.17, 15) is 9.59 Å². The van der Waals surface area contributed by atoms with Crippen molar-refractivity contribution in [1.82, 2.24) is 15.5 Å². The van der Waals surface area contributed by atoms with Crippen LogP contribution in [0.4, 0.5) is 4.79 Å². The summed E-state index contributed by atoms with van der Waals surface area (Å²) in [5.41, 5.74) is -0.544. The first-order valence-corrected chi connectivity index (χ1v) is 6.22. The zero-order valence-corrected chi connectivity index (χ0v) is 11.6. The second-order valence-corrected chi connectivity index (χ2v) is 5.59. The highest BCUT2D eigenvalue weighted by atomic mass is 16.6. The van der Waals surface area contributed by atoms with Crippen molar-refractivity contribution >= 4 is 12.0 Å². The number of carbonyl (C=O) groups excluding carboxylic acids is 2. The molecule has 1 aliphatic heterocycles. The molecule has 2 N–H and O–H groups in total. The summed E-state index contributed by atoms with van der Waals surface area (Å²) in [4.78, 5) is 24.6. The van der Waals surface area contributed by atoms with Crippen LogP contribution in [0.1, 0.15) is 27.2 Å². The maximum Gasteiger partial charge on any atom is 0.410 e. The molecule has 0 bridgehead atoms. The van der Waals surface area contributed by atoms with Gasteiger partial charge in [-0.1, -0.05) is 0 Å². The van der Waals surface area contributed by atoms with Crippen LogP contribution in [0.25, 0.3) is 0 Å². The summed E-state index contributed by atoms with van der Waals surface area (Å²) < 4.78 is 5.17. The Labute approximate surface area is 108 Å². The SMILES string of the molecule is CN(CC(=O)N[C@H]1CCNC1)C(=O)OC(C)(C)C. The van der Waals surface area contributed by atoms with Gasteiger partial charge in [0.1, 0.15) is 12.1 Å². The van der Waals surface area contributed by atoms with E-state index < -0.39 is 11.7 Å². The number of hydrogen-bond donors (Lipinski definition) is 2. The Kier molecular flexibility index (Phi) is 4.95. The number of carbonyl (C=O) groups is 2. The summed E-state index contributed by atoms with van der Waals surface area (Å²) in [5, 5.41) is 6.04. The lowest BCUT2D eigenvalue weighted by molar-refractivity contribution is -0.122. The lowest BCUT2D eigenvalue weighted by Crippen LogP contribution is -2.44. The molecule has 1 aliphatic rings. The molecule has 1 saturated heterocycles. The molecule has 6 heteroatoms. The molecule has 2 amide bonds. The van der Waals surface area contributed by atoms with E-state index >= 15 is 0 Å². The first-order chi connectivity index (χ1) is 8.28. The molecule has 0 aliphatic carbocycles. The third-order valence-corrected chi connectivity index (χ3v) is 2.51. The molecular weight excluding hydrogens is 234 g/mol. The molecule has 0 aromatic rings. The number of nitrogens with one attached hydrogen (secondary N) is 2. The Morgan fingerprint density at radius 2 is 2.11 bits per heavy atom. The van der Waals surface area contributed by atoms with Crippen LogP contribution in [0.15, 0.2) is 0 Å². The van der Waals surface area contributed by atoms with E-state index in [1.165, 1.54) is 4.90 Å². The Hall–Kier alpha value is -1.30. The smallest absolute Gasteiger partial charge is 0.410 e. The van der Waals surface area contributed by atoms with Gasteiger partial charge in [0.05, 0.1) is 0 Å². The van der Waals surface area contributed by atoms with Crippen LogP contribution >= 0.6 is 0 Å². The molecule has 1 fully saturated rings. The molecule has 0 aromatic heterocycles. The highest BCUT2D eigenvalue weighted by Crippen LogP contribution is 2.08. The number of nitrogens with zero attached hydrogens (tertiary/aromatic N) is 1. The fourth-order valence-corrected chi connectivity index (χ4v) is 1.67. The minimum Gasteiger partial charge on any atom is -0.444 e. The van der Waals surface area contributed by atoms with Crippen LogP contribution in [-0.2, 0) is 9.53 Å². The van der Waals surface area contributed by atoms with Gasteiger partial charge < -0.3 is 20.3 Å². The highest BCUT2D eigenvalue weighted by molar-refractivity contribution is 5.82. The second kappa shape index (κ2) is 6.04. The quantitative estimate of drug-likeness (QED) is 0.764. The van der Waals surface area contributed by atoms with Gasteiger partial charge in [-0.25, -0.2) is 4.79 Å². The fourth-order valence-electron chi connectivity index (χ4n) is 1.67. The van der Waals surface area contributed by atoms with Gasteiger partial charge in [0.15, 0.2) is 0 Å². The first-order valence-electron chi connectivity index (χ1n) is 6.22. The van der Waals surface area contributed by atoms with Crippen molar-refractivity contribution in [1.29, 1.82) is 0 Å². The zero-order valence-electron chi connectivity index (χ0n) is 11.6. The molecule has 104 valence electrons. The maximum atomic E-state index is 11.7. The van der Waals surface area contributed by atoms with Crippen molar-refractivity contribution in [3.05, 3.63) is 0 Å². The Bertz CT molecular complexity index is 306. The van der Waals surface area contributed by atoms with E-state index in [2.05, 4.69) is 10.6 Å². The van der Waals surface area contributed by atoms with Gasteiger partial charge in [0.2, 0.25) is 5.91 Å². The predicted molar refractivity (Wildman–Crippen MR) is 68.3 cm³/mol. The molecule has 0 radical (unpaired) electrons. The lowest BCUT2D eigenvalue weighted by atomic mass is 10.2. The largest absolute Gasteiger partial charge is 0.444 e. The molecule has 1 atom stereocenters. The van der Waals surface area contributed by atoms with Crippen molar-refractivity contribution in [3.63, 3.8) is 0 Å². The van der Waals surface area contributed by atoms with E-state index in [0.29, 0.717) is 0 Å². The number of ether oxygens (including phenoxy) is 1. The molecule has 1 heterocycles. The van der Waals surface area contributed by atoms with Crippen LogP contribution in [0.3, 0.4) is 0 Å². The number of likely N-dealkylation sites (N-methyl/N-ethyl adjacent to an activating group) is 1. The average Bonchev–Trinajstić information content (AvgIpc) is 2.67. The minimum atomic E-state index is -0.544. The molecule has 0 saturated carbocycles. The van der Waals surface area contributed by atoms with Gasteiger partial charge in [-0.05, 0) is 33.7 Å². The third-order valence-electron chi connectivity index (χ3n) is 2.51. The summed E-state index contributed by atoms with van der Waals surface area (Å²) in [6.07, 6.45) is 0.448. The predicted octanol–water partition coefficient (Wildman–Crippen LogP) is 0.331. The van der Waals surface area contributed by atoms with Gasteiger partial charge in [-0.3, -0.25) is 4.79 Å². The van der Waals surface area contributed by atoms with Gasteiger partial charge in [-0.2, -0.15) is 0 Å². The fraction of sp³-hybridized carbons (Fsp3) is 0.833. The van der Waals surface area contributed by atoms with Crippen molar-refractivity contribution in [2.75, 3.05) is 26.7 Å². The topological polar surface area (TPSA) is 70.7 Å². The van der Waals surface area contributed by atoms with Crippen molar-refractivity contribution in [2.45, 2.75) is 38.8 Å². The molecule has 18 heavy (non-hydrogen) atoms. The summed E-state index contributed by atoms with van der Waals surface area (Å²) in [5.74, 6) is -0.156. The van der Waals surface area contributed by atoms with Crippen molar-refractivity contribution < 1.29 is 14.3 Å². The van der Waals surface area contributed by atoms with Crippen LogP contribution in [0.2, 0.25) is 0 Å². The molecule has 0 unspecified atom stereocenters. The van der Waals surface area contributed by atoms with E-state index in [-0.39, 0.29) is 18.5 Å². The molecule has 6 nitrogen and oxygen atoms in total. The van der Waals surface area contributed by atoms with Crippen molar-refractivity contribution in [2.24, 2.45) is 0 Å². The third kappa shape index (κ3) is 5.35. The summed E-state index contributed by atoms with van der Waals surface area (Å²) in [7, 11) is 1.56. The lowest BCUT2D eigenvalue weighted by Gasteiger charge is -2.24. The molecule has 1 rings (SSSR count). The monoisotopic (exact) mass is 257 g/mol. The minimum absolute atomic E-state index is 0.0193. The number of hydrogen-bond acceptors (Lipinski definition) is 4.